The van der Waals surface area contributed by atoms with E-state index in [9.17, 15) is 4.79 Å². The van der Waals surface area contributed by atoms with Gasteiger partial charge < -0.3 is 9.64 Å². The Morgan fingerprint density at radius 1 is 0.758 bits per heavy atom. The second-order valence-electron chi connectivity index (χ2n) is 8.15. The summed E-state index contributed by atoms with van der Waals surface area (Å²) in [5.41, 5.74) is 3.10. The molecule has 4 nitrogen and oxygen atoms in total. The van der Waals surface area contributed by atoms with Gasteiger partial charge in [0.25, 0.3) is 0 Å². The van der Waals surface area contributed by atoms with Crippen molar-refractivity contribution in [2.75, 3.05) is 45.7 Å². The molecule has 0 amide bonds. The highest BCUT2D eigenvalue weighted by atomic mass is 79.9. The highest BCUT2D eigenvalue weighted by molar-refractivity contribution is 9.08. The first-order chi connectivity index (χ1) is 16.2. The molecule has 1 unspecified atom stereocenters. The maximum Gasteiger partial charge on any atom is 0.317 e. The zero-order valence-electron chi connectivity index (χ0n) is 19.4. The maximum absolute atomic E-state index is 13.4. The summed E-state index contributed by atoms with van der Waals surface area (Å²) >= 11 is 2.94. The molecule has 0 aliphatic carbocycles. The molecule has 0 N–H and O–H groups in total. The first kappa shape index (κ1) is 25.2. The van der Waals surface area contributed by atoms with E-state index in [4.69, 9.17) is 4.74 Å². The quantitative estimate of drug-likeness (QED) is 0.317. The number of carbonyl (C=O) groups is 1. The Bertz CT molecular complexity index is 906. The van der Waals surface area contributed by atoms with E-state index in [-0.39, 0.29) is 12.0 Å². The Balaban J connectivity index is 0.00000149. The molecule has 1 fully saturated rings. The molecule has 174 valence electrons. The van der Waals surface area contributed by atoms with Crippen LogP contribution >= 0.6 is 15.9 Å². The zero-order chi connectivity index (χ0) is 23.5. The number of nitrogens with zero attached hydrogens (tertiary/aromatic N) is 2. The molecule has 1 heterocycles. The van der Waals surface area contributed by atoms with Gasteiger partial charge in [0, 0.05) is 26.2 Å². The minimum absolute atomic E-state index is 0.0612. The molecule has 5 heteroatoms. The lowest BCUT2D eigenvalue weighted by Crippen LogP contribution is -2.47. The van der Waals surface area contributed by atoms with Crippen LogP contribution in [0.15, 0.2) is 91.0 Å². The largest absolute Gasteiger partial charge is 0.463 e. The molecule has 3 aromatic rings. The third-order valence-corrected chi connectivity index (χ3v) is 6.05. The average molecular weight is 509 g/mol. The molecule has 3 aromatic carbocycles. The van der Waals surface area contributed by atoms with Crippen LogP contribution in [0, 0.1) is 0 Å². The number of piperazine rings is 1. The number of hydrogen-bond acceptors (Lipinski definition) is 4. The predicted molar refractivity (Wildman–Crippen MR) is 139 cm³/mol. The second kappa shape index (κ2) is 13.3. The van der Waals surface area contributed by atoms with Crippen molar-refractivity contribution in [2.24, 2.45) is 0 Å². The van der Waals surface area contributed by atoms with Gasteiger partial charge in [0.1, 0.15) is 12.5 Å². The van der Waals surface area contributed by atoms with Crippen molar-refractivity contribution in [1.82, 2.24) is 9.80 Å². The van der Waals surface area contributed by atoms with Gasteiger partial charge in [-0.2, -0.15) is 0 Å². The molecule has 4 rings (SSSR count). The minimum Gasteiger partial charge on any atom is -0.463 e. The SMILES string of the molecule is CBr.CN1CCN(C(COC(=O)C(c2ccccc2)c2ccccc2)c2ccccc2)CC1. The standard InChI is InChI=1S/C27H30N2O2.CH3Br/c1-28-17-19-29(20-18-28)25(22-11-5-2-6-12-22)21-31-27(30)26(23-13-7-3-8-14-23)24-15-9-4-10-16-24;1-2/h2-16,25-26H,17-21H2,1H3;1H3. The number of hydrogen-bond donors (Lipinski definition) is 0. The fraction of sp³-hybridized carbons (Fsp3) is 0.321. The number of carbonyl (C=O) groups excluding carboxylic acids is 1. The number of halogens is 1. The average Bonchev–Trinajstić information content (AvgIpc) is 2.88. The summed E-state index contributed by atoms with van der Waals surface area (Å²) in [7, 11) is 2.15. The number of benzene rings is 3. The van der Waals surface area contributed by atoms with Crippen molar-refractivity contribution >= 4 is 21.9 Å². The zero-order valence-corrected chi connectivity index (χ0v) is 21.0. The third-order valence-electron chi connectivity index (χ3n) is 6.05. The molecule has 0 aromatic heterocycles. The fourth-order valence-corrected chi connectivity index (χ4v) is 4.22. The molecule has 1 aliphatic heterocycles. The molecule has 0 saturated carbocycles. The highest BCUT2D eigenvalue weighted by Gasteiger charge is 2.28. The Morgan fingerprint density at radius 3 is 1.64 bits per heavy atom. The number of alkyl halides is 1. The topological polar surface area (TPSA) is 32.8 Å². The van der Waals surface area contributed by atoms with E-state index >= 15 is 0 Å². The first-order valence-electron chi connectivity index (χ1n) is 11.3. The van der Waals surface area contributed by atoms with Crippen LogP contribution in [0.2, 0.25) is 0 Å². The smallest absolute Gasteiger partial charge is 0.317 e. The van der Waals surface area contributed by atoms with Gasteiger partial charge in [0.15, 0.2) is 0 Å². The second-order valence-corrected chi connectivity index (χ2v) is 8.15. The van der Waals surface area contributed by atoms with Gasteiger partial charge in [0.05, 0.1) is 6.04 Å². The number of ether oxygens (including phenoxy) is 1. The van der Waals surface area contributed by atoms with Crippen molar-refractivity contribution in [1.29, 1.82) is 0 Å². The first-order valence-corrected chi connectivity index (χ1v) is 12.9. The summed E-state index contributed by atoms with van der Waals surface area (Å²) in [6.45, 7) is 4.33. The van der Waals surface area contributed by atoms with Gasteiger partial charge in [-0.25, -0.2) is 0 Å². The Kier molecular flexibility index (Phi) is 10.1. The summed E-state index contributed by atoms with van der Waals surface area (Å²) in [6, 6.07) is 30.2. The van der Waals surface area contributed by atoms with E-state index in [1.807, 2.05) is 72.6 Å². The van der Waals surface area contributed by atoms with Crippen LogP contribution in [-0.4, -0.2) is 61.4 Å². The summed E-state index contributed by atoms with van der Waals surface area (Å²) in [6.07, 6.45) is 0. The van der Waals surface area contributed by atoms with Gasteiger partial charge in [0.2, 0.25) is 0 Å². The van der Waals surface area contributed by atoms with E-state index in [1.165, 1.54) is 5.56 Å². The monoisotopic (exact) mass is 508 g/mol. The van der Waals surface area contributed by atoms with Crippen LogP contribution in [0.4, 0.5) is 0 Å². The van der Waals surface area contributed by atoms with Gasteiger partial charge in [-0.3, -0.25) is 9.69 Å². The minimum atomic E-state index is -0.425. The van der Waals surface area contributed by atoms with E-state index in [0.717, 1.165) is 37.3 Å². The molecular formula is C28H33BrN2O2. The number of esters is 1. The van der Waals surface area contributed by atoms with Crippen molar-refractivity contribution in [3.05, 3.63) is 108 Å². The summed E-state index contributed by atoms with van der Waals surface area (Å²) < 4.78 is 6.02. The molecule has 0 bridgehead atoms. The molecule has 1 aliphatic rings. The molecule has 1 atom stereocenters. The third kappa shape index (κ3) is 7.00. The van der Waals surface area contributed by atoms with E-state index in [0.29, 0.717) is 6.61 Å². The summed E-state index contributed by atoms with van der Waals surface area (Å²) in [5.74, 6) is 1.19. The molecular weight excluding hydrogens is 476 g/mol. The Hall–Kier alpha value is -2.47. The van der Waals surface area contributed by atoms with Crippen molar-refractivity contribution in [2.45, 2.75) is 12.0 Å². The van der Waals surface area contributed by atoms with Crippen molar-refractivity contribution in [3.8, 4) is 0 Å². The number of rotatable bonds is 7. The van der Waals surface area contributed by atoms with E-state index in [2.05, 4.69) is 57.0 Å². The molecule has 1 saturated heterocycles. The van der Waals surface area contributed by atoms with Crippen LogP contribution < -0.4 is 0 Å². The fourth-order valence-electron chi connectivity index (χ4n) is 4.22. The van der Waals surface area contributed by atoms with Crippen LogP contribution in [-0.2, 0) is 9.53 Å². The summed E-state index contributed by atoms with van der Waals surface area (Å²) in [4.78, 5) is 18.1. The lowest BCUT2D eigenvalue weighted by Gasteiger charge is -2.38. The normalized spacial score (nSPS) is 15.4. The van der Waals surface area contributed by atoms with E-state index < -0.39 is 5.92 Å². The van der Waals surface area contributed by atoms with Crippen LogP contribution in [0.3, 0.4) is 0 Å². The van der Waals surface area contributed by atoms with Gasteiger partial charge >= 0.3 is 5.97 Å². The summed E-state index contributed by atoms with van der Waals surface area (Å²) in [5, 5.41) is 0. The van der Waals surface area contributed by atoms with Crippen molar-refractivity contribution in [3.63, 3.8) is 0 Å². The molecule has 33 heavy (non-hydrogen) atoms. The Labute approximate surface area is 206 Å². The van der Waals surface area contributed by atoms with Gasteiger partial charge in [-0.1, -0.05) is 107 Å². The van der Waals surface area contributed by atoms with Crippen LogP contribution in [0.1, 0.15) is 28.7 Å². The van der Waals surface area contributed by atoms with Gasteiger partial charge in [-0.15, -0.1) is 0 Å². The lowest BCUT2D eigenvalue weighted by atomic mass is 9.91. The highest BCUT2D eigenvalue weighted by Crippen LogP contribution is 2.28. The Morgan fingerprint density at radius 2 is 1.18 bits per heavy atom. The van der Waals surface area contributed by atoms with Crippen molar-refractivity contribution < 1.29 is 9.53 Å². The predicted octanol–water partition coefficient (Wildman–Crippen LogP) is 5.36. The lowest BCUT2D eigenvalue weighted by molar-refractivity contribution is -0.146. The van der Waals surface area contributed by atoms with Gasteiger partial charge in [-0.05, 0) is 29.6 Å². The molecule has 0 spiro atoms. The van der Waals surface area contributed by atoms with E-state index in [1.54, 1.807) is 0 Å². The van der Waals surface area contributed by atoms with Crippen LogP contribution in [0.5, 0.6) is 0 Å². The number of likely N-dealkylation sites (N-methyl/N-ethyl adjacent to an activating group) is 1. The maximum atomic E-state index is 13.4. The van der Waals surface area contributed by atoms with Crippen LogP contribution in [0.25, 0.3) is 0 Å². The molecule has 0 radical (unpaired) electrons.